The molecule has 0 aliphatic carbocycles. The third kappa shape index (κ3) is 3.98. The highest BCUT2D eigenvalue weighted by Gasteiger charge is 2.26. The summed E-state index contributed by atoms with van der Waals surface area (Å²) in [5.74, 6) is -0.351. The number of alkyl halides is 3. The van der Waals surface area contributed by atoms with Gasteiger partial charge in [-0.1, -0.05) is 6.07 Å². The van der Waals surface area contributed by atoms with E-state index < -0.39 is 12.7 Å². The Bertz CT molecular complexity index is 890. The van der Waals surface area contributed by atoms with Gasteiger partial charge in [0.2, 0.25) is 0 Å². The molecule has 3 heterocycles. The quantitative estimate of drug-likeness (QED) is 0.705. The largest absolute Gasteiger partial charge is 0.407 e. The normalized spacial score (nSPS) is 11.5. The van der Waals surface area contributed by atoms with Crippen LogP contribution in [0.4, 0.5) is 13.2 Å². The average molecular weight is 369 g/mol. The summed E-state index contributed by atoms with van der Waals surface area (Å²) in [7, 11) is 0. The van der Waals surface area contributed by atoms with Gasteiger partial charge in [0, 0.05) is 17.8 Å². The fraction of sp³-hybridized carbons (Fsp3) is 0.133. The Kier molecular flexibility index (Phi) is 4.63. The van der Waals surface area contributed by atoms with Crippen LogP contribution in [-0.4, -0.2) is 28.2 Å². The van der Waals surface area contributed by atoms with Crippen LogP contribution in [0.3, 0.4) is 0 Å². The van der Waals surface area contributed by atoms with E-state index in [0.29, 0.717) is 0 Å². The topological polar surface area (TPSA) is 47.2 Å². The summed E-state index contributed by atoms with van der Waals surface area (Å²) in [4.78, 5) is 21.1. The smallest absolute Gasteiger partial charge is 0.289 e. The minimum atomic E-state index is -4.35. The predicted molar refractivity (Wildman–Crippen MR) is 86.1 cm³/mol. The zero-order chi connectivity index (χ0) is 17.2. The Morgan fingerprint density at radius 3 is 2.58 bits per heavy atom. The van der Waals surface area contributed by atoms with Gasteiger partial charge in [-0.2, -0.15) is 13.2 Å². The van der Waals surface area contributed by atoms with Crippen molar-refractivity contribution in [3.8, 4) is 9.88 Å². The number of pyridine rings is 1. The molecule has 0 atom stereocenters. The van der Waals surface area contributed by atoms with Crippen molar-refractivity contribution in [2.24, 2.45) is 4.99 Å². The van der Waals surface area contributed by atoms with Gasteiger partial charge in [-0.25, -0.2) is 4.98 Å². The predicted octanol–water partition coefficient (Wildman–Crippen LogP) is 3.82. The van der Waals surface area contributed by atoms with E-state index in [2.05, 4.69) is 9.98 Å². The van der Waals surface area contributed by atoms with Crippen LogP contribution >= 0.6 is 22.7 Å². The van der Waals surface area contributed by atoms with E-state index in [4.69, 9.17) is 0 Å². The second kappa shape index (κ2) is 6.70. The number of thiophene rings is 1. The fourth-order valence-corrected chi connectivity index (χ4v) is 3.47. The Morgan fingerprint density at radius 1 is 1.21 bits per heavy atom. The van der Waals surface area contributed by atoms with Gasteiger partial charge in [0.15, 0.2) is 0 Å². The first kappa shape index (κ1) is 16.6. The van der Waals surface area contributed by atoms with Gasteiger partial charge < -0.3 is 0 Å². The second-order valence-corrected chi connectivity index (χ2v) is 6.52. The highest BCUT2D eigenvalue weighted by atomic mass is 32.1. The standard InChI is InChI=1S/C15H10F3N3OS2/c16-15(17,18)9-19-10-3-5-21(6-4-10)14(22)11-8-24-13(20-11)12-2-1-7-23-12/h1-8H,9H2. The highest BCUT2D eigenvalue weighted by Crippen LogP contribution is 2.27. The average Bonchev–Trinajstić information content (AvgIpc) is 3.23. The molecule has 0 saturated heterocycles. The number of carbonyl (C=O) groups excluding carboxylic acids is 1. The summed E-state index contributed by atoms with van der Waals surface area (Å²) >= 11 is 2.90. The van der Waals surface area contributed by atoms with E-state index in [9.17, 15) is 18.0 Å². The van der Waals surface area contributed by atoms with Gasteiger partial charge in [0.25, 0.3) is 5.91 Å². The molecule has 24 heavy (non-hydrogen) atoms. The lowest BCUT2D eigenvalue weighted by Gasteiger charge is -2.03. The molecular weight excluding hydrogens is 359 g/mol. The molecule has 0 N–H and O–H groups in total. The van der Waals surface area contributed by atoms with E-state index >= 15 is 0 Å². The van der Waals surface area contributed by atoms with Crippen LogP contribution in [0.25, 0.3) is 9.88 Å². The number of rotatable bonds is 3. The lowest BCUT2D eigenvalue weighted by Crippen LogP contribution is -2.17. The molecule has 0 amide bonds. The second-order valence-electron chi connectivity index (χ2n) is 4.72. The molecule has 0 fully saturated rings. The SMILES string of the molecule is O=C(c1csc(-c2cccs2)n1)n1ccc(=NCC(F)(F)F)cc1. The Balaban J connectivity index is 1.78. The van der Waals surface area contributed by atoms with Gasteiger partial charge in [-0.05, 0) is 23.6 Å². The molecule has 3 rings (SSSR count). The minimum Gasteiger partial charge on any atom is -0.289 e. The van der Waals surface area contributed by atoms with Crippen molar-refractivity contribution in [1.82, 2.24) is 9.55 Å². The van der Waals surface area contributed by atoms with Crippen molar-refractivity contribution in [3.05, 3.63) is 58.5 Å². The van der Waals surface area contributed by atoms with Crippen molar-refractivity contribution in [3.63, 3.8) is 0 Å². The number of halogens is 3. The molecule has 0 unspecified atom stereocenters. The minimum absolute atomic E-state index is 0.161. The first-order valence-corrected chi connectivity index (χ1v) is 8.48. The van der Waals surface area contributed by atoms with Crippen LogP contribution in [0.15, 0.2) is 52.4 Å². The van der Waals surface area contributed by atoms with Crippen molar-refractivity contribution in [1.29, 1.82) is 0 Å². The zero-order valence-corrected chi connectivity index (χ0v) is 13.7. The van der Waals surface area contributed by atoms with Crippen LogP contribution in [0, 0.1) is 0 Å². The highest BCUT2D eigenvalue weighted by molar-refractivity contribution is 7.20. The number of thiazole rings is 1. The zero-order valence-electron chi connectivity index (χ0n) is 12.0. The first-order chi connectivity index (χ1) is 11.4. The Morgan fingerprint density at radius 2 is 1.96 bits per heavy atom. The van der Waals surface area contributed by atoms with Gasteiger partial charge in [0.05, 0.1) is 10.2 Å². The Hall–Kier alpha value is -2.26. The maximum atomic E-state index is 12.4. The number of nitrogens with zero attached hydrogens (tertiary/aromatic N) is 3. The van der Waals surface area contributed by atoms with Crippen LogP contribution in [-0.2, 0) is 0 Å². The number of aromatic nitrogens is 2. The fourth-order valence-electron chi connectivity index (χ4n) is 1.86. The van der Waals surface area contributed by atoms with E-state index in [1.807, 2.05) is 17.5 Å². The summed E-state index contributed by atoms with van der Waals surface area (Å²) in [6, 6.07) is 6.54. The molecule has 3 aromatic rings. The van der Waals surface area contributed by atoms with Crippen molar-refractivity contribution < 1.29 is 18.0 Å². The molecular formula is C15H10F3N3OS2. The molecule has 0 saturated carbocycles. The summed E-state index contributed by atoms with van der Waals surface area (Å²) < 4.78 is 37.7. The molecule has 4 nitrogen and oxygen atoms in total. The van der Waals surface area contributed by atoms with E-state index in [1.165, 1.54) is 51.8 Å². The molecule has 0 bridgehead atoms. The monoisotopic (exact) mass is 369 g/mol. The number of hydrogen-bond acceptors (Lipinski definition) is 5. The lowest BCUT2D eigenvalue weighted by atomic mass is 10.4. The summed E-state index contributed by atoms with van der Waals surface area (Å²) in [5.41, 5.74) is 0.286. The van der Waals surface area contributed by atoms with Crippen molar-refractivity contribution >= 4 is 28.6 Å². The molecule has 9 heteroatoms. The van der Waals surface area contributed by atoms with Gasteiger partial charge in [-0.15, -0.1) is 22.7 Å². The third-order valence-corrected chi connectivity index (χ3v) is 4.82. The van der Waals surface area contributed by atoms with Crippen LogP contribution in [0.1, 0.15) is 10.5 Å². The summed E-state index contributed by atoms with van der Waals surface area (Å²) in [6.07, 6.45) is -1.59. The molecule has 3 aromatic heterocycles. The molecule has 0 aromatic carbocycles. The van der Waals surface area contributed by atoms with Crippen LogP contribution in [0.2, 0.25) is 0 Å². The molecule has 124 valence electrons. The van der Waals surface area contributed by atoms with Crippen LogP contribution in [0.5, 0.6) is 0 Å². The summed E-state index contributed by atoms with van der Waals surface area (Å²) in [5, 5.41) is 4.50. The van der Waals surface area contributed by atoms with E-state index in [1.54, 1.807) is 5.38 Å². The number of hydrogen-bond donors (Lipinski definition) is 0. The molecule has 0 radical (unpaired) electrons. The van der Waals surface area contributed by atoms with Crippen molar-refractivity contribution in [2.75, 3.05) is 6.54 Å². The van der Waals surface area contributed by atoms with Gasteiger partial charge in [-0.3, -0.25) is 14.4 Å². The number of carbonyl (C=O) groups is 1. The maximum absolute atomic E-state index is 12.4. The van der Waals surface area contributed by atoms with Gasteiger partial charge in [0.1, 0.15) is 17.2 Å². The van der Waals surface area contributed by atoms with Crippen molar-refractivity contribution in [2.45, 2.75) is 6.18 Å². The maximum Gasteiger partial charge on any atom is 0.407 e. The molecule has 0 spiro atoms. The van der Waals surface area contributed by atoms with E-state index in [-0.39, 0.29) is 17.0 Å². The Labute approximate surface area is 142 Å². The lowest BCUT2D eigenvalue weighted by molar-refractivity contribution is -0.118. The first-order valence-electron chi connectivity index (χ1n) is 6.72. The molecule has 0 aliphatic rings. The molecule has 0 aliphatic heterocycles. The summed E-state index contributed by atoms with van der Waals surface area (Å²) in [6.45, 7) is -1.25. The third-order valence-electron chi connectivity index (χ3n) is 2.94. The van der Waals surface area contributed by atoms with Crippen LogP contribution < -0.4 is 5.36 Å². The van der Waals surface area contributed by atoms with Gasteiger partial charge >= 0.3 is 6.18 Å². The van der Waals surface area contributed by atoms with E-state index in [0.717, 1.165) is 9.88 Å².